The predicted molar refractivity (Wildman–Crippen MR) is 88.6 cm³/mol. The number of aryl methyl sites for hydroxylation is 1. The molecule has 1 heterocycles. The van der Waals surface area contributed by atoms with Crippen molar-refractivity contribution in [1.29, 1.82) is 0 Å². The van der Waals surface area contributed by atoms with Crippen LogP contribution in [0.3, 0.4) is 0 Å². The Morgan fingerprint density at radius 1 is 1.18 bits per heavy atom. The molecule has 0 radical (unpaired) electrons. The average molecular weight is 314 g/mol. The van der Waals surface area contributed by atoms with Gasteiger partial charge in [-0.2, -0.15) is 0 Å². The molecule has 0 bridgehead atoms. The molecule has 3 aromatic rings. The zero-order valence-corrected chi connectivity index (χ0v) is 13.2. The molecule has 2 aromatic carbocycles. The summed E-state index contributed by atoms with van der Waals surface area (Å²) in [7, 11) is 1.38. The zero-order chi connectivity index (χ0) is 15.7. The highest BCUT2D eigenvalue weighted by Crippen LogP contribution is 2.26. The molecule has 0 fully saturated rings. The van der Waals surface area contributed by atoms with E-state index in [0.717, 1.165) is 10.9 Å². The van der Waals surface area contributed by atoms with Crippen molar-refractivity contribution in [3.8, 4) is 0 Å². The van der Waals surface area contributed by atoms with E-state index >= 15 is 0 Å². The Morgan fingerprint density at radius 3 is 2.59 bits per heavy atom. The molecular formula is C18H16ClNO2. The number of carbonyl (C=O) groups excluding carboxylic acids is 1. The number of hydrogen-bond acceptors (Lipinski definition) is 2. The van der Waals surface area contributed by atoms with Gasteiger partial charge in [-0.15, -0.1) is 0 Å². The highest BCUT2D eigenvalue weighted by molar-refractivity contribution is 6.31. The van der Waals surface area contributed by atoms with Crippen molar-refractivity contribution in [1.82, 2.24) is 4.57 Å². The summed E-state index contributed by atoms with van der Waals surface area (Å²) in [5.41, 5.74) is 3.90. The first-order valence-electron chi connectivity index (χ1n) is 7.01. The van der Waals surface area contributed by atoms with Crippen LogP contribution in [0.4, 0.5) is 0 Å². The monoisotopic (exact) mass is 313 g/mol. The Hall–Kier alpha value is -2.26. The Labute approximate surface area is 134 Å². The van der Waals surface area contributed by atoms with Crippen LogP contribution in [0.25, 0.3) is 10.9 Å². The predicted octanol–water partition coefficient (Wildman–Crippen LogP) is 4.44. The van der Waals surface area contributed by atoms with Crippen LogP contribution in [0.15, 0.2) is 48.7 Å². The number of nitrogens with zero attached hydrogens (tertiary/aromatic N) is 1. The average Bonchev–Trinajstić information content (AvgIpc) is 2.86. The molecule has 0 amide bonds. The van der Waals surface area contributed by atoms with Gasteiger partial charge in [0, 0.05) is 28.7 Å². The van der Waals surface area contributed by atoms with Crippen LogP contribution in [-0.4, -0.2) is 17.6 Å². The number of methoxy groups -OCH3 is 1. The van der Waals surface area contributed by atoms with Crippen molar-refractivity contribution >= 4 is 28.5 Å². The van der Waals surface area contributed by atoms with E-state index in [1.807, 2.05) is 22.9 Å². The fourth-order valence-corrected chi connectivity index (χ4v) is 2.74. The minimum Gasteiger partial charge on any atom is -0.465 e. The van der Waals surface area contributed by atoms with E-state index < -0.39 is 0 Å². The maximum Gasteiger partial charge on any atom is 0.340 e. The number of aromatic nitrogens is 1. The van der Waals surface area contributed by atoms with E-state index in [9.17, 15) is 4.79 Å². The topological polar surface area (TPSA) is 31.2 Å². The molecular weight excluding hydrogens is 298 g/mol. The number of hydrogen-bond donors (Lipinski definition) is 0. The molecule has 0 saturated heterocycles. The molecule has 3 nitrogen and oxygen atoms in total. The van der Waals surface area contributed by atoms with E-state index in [1.54, 1.807) is 6.07 Å². The fraction of sp³-hybridized carbons (Fsp3) is 0.167. The molecule has 0 spiro atoms. The van der Waals surface area contributed by atoms with Gasteiger partial charge in [0.25, 0.3) is 0 Å². The third kappa shape index (κ3) is 2.72. The molecule has 112 valence electrons. The van der Waals surface area contributed by atoms with Crippen molar-refractivity contribution in [3.63, 3.8) is 0 Å². The number of rotatable bonds is 3. The van der Waals surface area contributed by atoms with Crippen molar-refractivity contribution in [2.45, 2.75) is 13.5 Å². The van der Waals surface area contributed by atoms with Crippen LogP contribution in [0.1, 0.15) is 21.5 Å². The molecule has 22 heavy (non-hydrogen) atoms. The van der Waals surface area contributed by atoms with Gasteiger partial charge < -0.3 is 9.30 Å². The molecule has 0 atom stereocenters. The standard InChI is InChI=1S/C18H16ClNO2/c1-12-3-5-13(6-4-12)10-20-11-16(18(21)22-2)15-9-14(19)7-8-17(15)20/h3-9,11H,10H2,1-2H3. The lowest BCUT2D eigenvalue weighted by atomic mass is 10.1. The van der Waals surface area contributed by atoms with Gasteiger partial charge in [-0.25, -0.2) is 4.79 Å². The number of fused-ring (bicyclic) bond motifs is 1. The maximum absolute atomic E-state index is 12.0. The SMILES string of the molecule is COC(=O)c1cn(Cc2ccc(C)cc2)c2ccc(Cl)cc12. The molecule has 4 heteroatoms. The molecule has 0 aliphatic rings. The van der Waals surface area contributed by atoms with Crippen LogP contribution in [-0.2, 0) is 11.3 Å². The lowest BCUT2D eigenvalue weighted by molar-refractivity contribution is 0.0602. The number of ether oxygens (including phenoxy) is 1. The summed E-state index contributed by atoms with van der Waals surface area (Å²) in [5.74, 6) is -0.352. The third-order valence-corrected chi connectivity index (χ3v) is 3.96. The first-order chi connectivity index (χ1) is 10.6. The molecule has 0 aliphatic heterocycles. The molecule has 0 N–H and O–H groups in total. The first-order valence-corrected chi connectivity index (χ1v) is 7.38. The van der Waals surface area contributed by atoms with Crippen molar-refractivity contribution in [3.05, 3.63) is 70.4 Å². The van der Waals surface area contributed by atoms with Crippen LogP contribution in [0.5, 0.6) is 0 Å². The zero-order valence-electron chi connectivity index (χ0n) is 12.5. The van der Waals surface area contributed by atoms with Crippen LogP contribution >= 0.6 is 11.6 Å². The van der Waals surface area contributed by atoms with Gasteiger partial charge in [-0.1, -0.05) is 41.4 Å². The molecule has 3 rings (SSSR count). The Morgan fingerprint density at radius 2 is 1.91 bits per heavy atom. The number of halogens is 1. The van der Waals surface area contributed by atoms with Crippen molar-refractivity contribution in [2.75, 3.05) is 7.11 Å². The van der Waals surface area contributed by atoms with Gasteiger partial charge in [0.05, 0.1) is 12.7 Å². The Kier molecular flexibility index (Phi) is 3.90. The summed E-state index contributed by atoms with van der Waals surface area (Å²) in [5, 5.41) is 1.41. The lowest BCUT2D eigenvalue weighted by Crippen LogP contribution is -2.01. The summed E-state index contributed by atoms with van der Waals surface area (Å²) in [6.07, 6.45) is 1.83. The highest BCUT2D eigenvalue weighted by atomic mass is 35.5. The largest absolute Gasteiger partial charge is 0.465 e. The summed E-state index contributed by atoms with van der Waals surface area (Å²) >= 11 is 6.06. The van der Waals surface area contributed by atoms with Crippen LogP contribution in [0.2, 0.25) is 5.02 Å². The van der Waals surface area contributed by atoms with Gasteiger partial charge in [0.1, 0.15) is 0 Å². The summed E-state index contributed by atoms with van der Waals surface area (Å²) in [6, 6.07) is 13.9. The van der Waals surface area contributed by atoms with Crippen LogP contribution < -0.4 is 0 Å². The fourth-order valence-electron chi connectivity index (χ4n) is 2.56. The second-order valence-corrected chi connectivity index (χ2v) is 5.75. The first kappa shape index (κ1) is 14.7. The minimum absolute atomic E-state index is 0.352. The van der Waals surface area contributed by atoms with E-state index in [4.69, 9.17) is 16.3 Å². The van der Waals surface area contributed by atoms with Crippen molar-refractivity contribution < 1.29 is 9.53 Å². The van der Waals surface area contributed by atoms with Gasteiger partial charge in [0.15, 0.2) is 0 Å². The summed E-state index contributed by atoms with van der Waals surface area (Å²) < 4.78 is 6.91. The lowest BCUT2D eigenvalue weighted by Gasteiger charge is -2.06. The Bertz CT molecular complexity index is 834. The van der Waals surface area contributed by atoms with Gasteiger partial charge in [-0.05, 0) is 30.7 Å². The Balaban J connectivity index is 2.09. The van der Waals surface area contributed by atoms with Crippen molar-refractivity contribution in [2.24, 2.45) is 0 Å². The highest BCUT2D eigenvalue weighted by Gasteiger charge is 2.16. The van der Waals surface area contributed by atoms with E-state index in [0.29, 0.717) is 17.1 Å². The van der Waals surface area contributed by atoms with E-state index in [-0.39, 0.29) is 5.97 Å². The number of carbonyl (C=O) groups is 1. The molecule has 1 aromatic heterocycles. The third-order valence-electron chi connectivity index (χ3n) is 3.72. The minimum atomic E-state index is -0.352. The second-order valence-electron chi connectivity index (χ2n) is 5.31. The van der Waals surface area contributed by atoms with Gasteiger partial charge in [-0.3, -0.25) is 0 Å². The van der Waals surface area contributed by atoms with E-state index in [1.165, 1.54) is 18.2 Å². The van der Waals surface area contributed by atoms with Gasteiger partial charge in [0.2, 0.25) is 0 Å². The summed E-state index contributed by atoms with van der Waals surface area (Å²) in [6.45, 7) is 2.75. The summed E-state index contributed by atoms with van der Waals surface area (Å²) in [4.78, 5) is 12.0. The molecule has 0 saturated carbocycles. The number of benzene rings is 2. The van der Waals surface area contributed by atoms with E-state index in [2.05, 4.69) is 31.2 Å². The van der Waals surface area contributed by atoms with Gasteiger partial charge >= 0.3 is 5.97 Å². The molecule has 0 aliphatic carbocycles. The number of esters is 1. The smallest absolute Gasteiger partial charge is 0.340 e. The normalized spacial score (nSPS) is 10.9. The maximum atomic E-state index is 12.0. The molecule has 0 unspecified atom stereocenters. The van der Waals surface area contributed by atoms with Crippen LogP contribution in [0, 0.1) is 6.92 Å². The second kappa shape index (κ2) is 5.85. The quantitative estimate of drug-likeness (QED) is 0.669.